The second kappa shape index (κ2) is 12.2. The van der Waals surface area contributed by atoms with E-state index in [9.17, 15) is 19.1 Å². The molecule has 1 aromatic heterocycles. The van der Waals surface area contributed by atoms with Gasteiger partial charge in [0.05, 0.1) is 5.02 Å². The number of hydrogen-bond donors (Lipinski definition) is 2. The van der Waals surface area contributed by atoms with Crippen molar-refractivity contribution < 1.29 is 23.8 Å². The summed E-state index contributed by atoms with van der Waals surface area (Å²) in [6.07, 6.45) is 1.63. The molecule has 0 radical (unpaired) electrons. The number of amides is 1. The number of ether oxygens (including phenoxy) is 1. The van der Waals surface area contributed by atoms with Crippen molar-refractivity contribution in [1.29, 1.82) is 0 Å². The van der Waals surface area contributed by atoms with Crippen molar-refractivity contribution in [2.45, 2.75) is 38.6 Å². The Morgan fingerprint density at radius 3 is 2.21 bits per heavy atom. The monoisotopic (exact) mass is 596 g/mol. The number of hydrogen-bond acceptors (Lipinski definition) is 4. The summed E-state index contributed by atoms with van der Waals surface area (Å²) in [5.74, 6) is -0.911. The molecule has 0 unspecified atom stereocenters. The third-order valence-corrected chi connectivity index (χ3v) is 7.42. The molecule has 218 valence electrons. The quantitative estimate of drug-likeness (QED) is 0.188. The Bertz CT molecular complexity index is 1800. The molecule has 0 aliphatic rings. The van der Waals surface area contributed by atoms with E-state index in [2.05, 4.69) is 31.1 Å². The fourth-order valence-corrected chi connectivity index (χ4v) is 4.82. The first-order valence-corrected chi connectivity index (χ1v) is 14.1. The van der Waals surface area contributed by atoms with Crippen molar-refractivity contribution in [3.05, 3.63) is 125 Å². The van der Waals surface area contributed by atoms with E-state index in [1.165, 1.54) is 17.7 Å². The second-order valence-electron chi connectivity index (χ2n) is 11.3. The maximum absolute atomic E-state index is 13.5. The van der Waals surface area contributed by atoms with Crippen LogP contribution in [0, 0.1) is 5.82 Å². The fourth-order valence-electron chi connectivity index (χ4n) is 4.64. The van der Waals surface area contributed by atoms with Crippen molar-refractivity contribution in [3.8, 4) is 22.6 Å². The zero-order chi connectivity index (χ0) is 30.7. The van der Waals surface area contributed by atoms with E-state index < -0.39 is 23.7 Å². The molecule has 2 N–H and O–H groups in total. The highest BCUT2D eigenvalue weighted by Crippen LogP contribution is 2.29. The first-order chi connectivity index (χ1) is 20.5. The van der Waals surface area contributed by atoms with Crippen molar-refractivity contribution in [2.24, 2.45) is 0 Å². The minimum atomic E-state index is -1.17. The summed E-state index contributed by atoms with van der Waals surface area (Å²) in [6, 6.07) is 25.5. The van der Waals surface area contributed by atoms with Gasteiger partial charge < -0.3 is 15.2 Å². The first kappa shape index (κ1) is 29.7. The van der Waals surface area contributed by atoms with Gasteiger partial charge in [0.25, 0.3) is 5.91 Å². The number of carboxylic acid groups (broad SMARTS) is 1. The summed E-state index contributed by atoms with van der Waals surface area (Å²) >= 11 is 5.89. The van der Waals surface area contributed by atoms with Crippen LogP contribution in [0.4, 0.5) is 4.39 Å². The molecule has 0 bridgehead atoms. The topological polar surface area (TPSA) is 88.5 Å². The van der Waals surface area contributed by atoms with Crippen molar-refractivity contribution in [3.63, 3.8) is 0 Å². The Balaban J connectivity index is 1.25. The summed E-state index contributed by atoms with van der Waals surface area (Å²) in [5, 5.41) is 13.9. The molecular formula is C35H30ClFN2O4. The number of rotatable bonds is 8. The summed E-state index contributed by atoms with van der Waals surface area (Å²) < 4.78 is 19.5. The molecule has 0 aliphatic heterocycles. The molecule has 0 fully saturated rings. The summed E-state index contributed by atoms with van der Waals surface area (Å²) in [6.45, 7) is 6.47. The SMILES string of the molecule is CC(C)(C)c1ccc(Oc2ccc3cc(C(=O)N[C@@H](Cc4ccc(-c5ccc(F)c(Cl)c5)cc4)C(=O)O)ncc3c2)cc1. The number of carbonyl (C=O) groups excluding carboxylic acids is 1. The van der Waals surface area contributed by atoms with E-state index in [0.29, 0.717) is 17.1 Å². The molecular weight excluding hydrogens is 567 g/mol. The van der Waals surface area contributed by atoms with Crippen LogP contribution >= 0.6 is 11.6 Å². The number of halogens is 2. The molecule has 8 heteroatoms. The number of aliphatic carboxylic acids is 1. The number of nitrogens with zero attached hydrogens (tertiary/aromatic N) is 1. The number of carbonyl (C=O) groups is 2. The number of fused-ring (bicyclic) bond motifs is 1. The minimum absolute atomic E-state index is 0.0215. The van der Waals surface area contributed by atoms with E-state index in [0.717, 1.165) is 21.9 Å². The molecule has 0 aliphatic carbocycles. The van der Waals surface area contributed by atoms with Crippen LogP contribution in [0.5, 0.6) is 11.5 Å². The van der Waals surface area contributed by atoms with Gasteiger partial charge in [-0.2, -0.15) is 0 Å². The Labute approximate surface area is 254 Å². The van der Waals surface area contributed by atoms with Gasteiger partial charge in [0, 0.05) is 18.0 Å². The van der Waals surface area contributed by atoms with E-state index in [-0.39, 0.29) is 22.6 Å². The molecule has 1 heterocycles. The van der Waals surface area contributed by atoms with Crippen LogP contribution in [0.1, 0.15) is 42.4 Å². The summed E-state index contributed by atoms with van der Waals surface area (Å²) in [5.41, 5.74) is 3.61. The number of benzene rings is 4. The zero-order valence-electron chi connectivity index (χ0n) is 23.9. The van der Waals surface area contributed by atoms with Gasteiger partial charge in [-0.05, 0) is 75.5 Å². The molecule has 0 saturated carbocycles. The number of nitrogens with one attached hydrogen (secondary N) is 1. The van der Waals surface area contributed by atoms with Crippen LogP contribution in [0.25, 0.3) is 21.9 Å². The molecule has 5 rings (SSSR count). The van der Waals surface area contributed by atoms with Crippen molar-refractivity contribution in [1.82, 2.24) is 10.3 Å². The largest absolute Gasteiger partial charge is 0.480 e. The lowest BCUT2D eigenvalue weighted by molar-refractivity contribution is -0.139. The van der Waals surface area contributed by atoms with Crippen LogP contribution in [0.2, 0.25) is 5.02 Å². The van der Waals surface area contributed by atoms with Crippen LogP contribution in [-0.2, 0) is 16.6 Å². The van der Waals surface area contributed by atoms with Gasteiger partial charge in [-0.15, -0.1) is 0 Å². The molecule has 1 atom stereocenters. The van der Waals surface area contributed by atoms with Gasteiger partial charge >= 0.3 is 5.97 Å². The number of pyridine rings is 1. The third-order valence-electron chi connectivity index (χ3n) is 7.13. The molecule has 4 aromatic carbocycles. The van der Waals surface area contributed by atoms with E-state index in [4.69, 9.17) is 16.3 Å². The van der Waals surface area contributed by atoms with E-state index in [1.54, 1.807) is 42.6 Å². The highest BCUT2D eigenvalue weighted by Gasteiger charge is 2.22. The highest BCUT2D eigenvalue weighted by molar-refractivity contribution is 6.31. The summed E-state index contributed by atoms with van der Waals surface area (Å²) in [4.78, 5) is 29.3. The lowest BCUT2D eigenvalue weighted by Gasteiger charge is -2.19. The highest BCUT2D eigenvalue weighted by atomic mass is 35.5. The number of carboxylic acids is 1. The molecule has 43 heavy (non-hydrogen) atoms. The Morgan fingerprint density at radius 2 is 1.56 bits per heavy atom. The van der Waals surface area contributed by atoms with Crippen LogP contribution in [0.15, 0.2) is 97.2 Å². The van der Waals surface area contributed by atoms with E-state index >= 15 is 0 Å². The van der Waals surface area contributed by atoms with E-state index in [1.807, 2.05) is 42.5 Å². The minimum Gasteiger partial charge on any atom is -0.480 e. The Kier molecular flexibility index (Phi) is 8.46. The molecule has 0 saturated heterocycles. The normalized spacial score (nSPS) is 12.1. The average Bonchev–Trinajstić information content (AvgIpc) is 2.98. The van der Waals surface area contributed by atoms with Gasteiger partial charge in [-0.1, -0.05) is 80.9 Å². The molecule has 5 aromatic rings. The van der Waals surface area contributed by atoms with Gasteiger partial charge in [0.2, 0.25) is 0 Å². The third kappa shape index (κ3) is 7.19. The first-order valence-electron chi connectivity index (χ1n) is 13.7. The Morgan fingerprint density at radius 1 is 0.884 bits per heavy atom. The zero-order valence-corrected chi connectivity index (χ0v) is 24.7. The van der Waals surface area contributed by atoms with Crippen molar-refractivity contribution >= 4 is 34.2 Å². The van der Waals surface area contributed by atoms with Crippen LogP contribution in [-0.4, -0.2) is 28.0 Å². The van der Waals surface area contributed by atoms with Gasteiger partial charge in [-0.25, -0.2) is 9.18 Å². The molecule has 0 spiro atoms. The second-order valence-corrected chi connectivity index (χ2v) is 11.8. The van der Waals surface area contributed by atoms with Gasteiger partial charge in [0.1, 0.15) is 29.1 Å². The lowest BCUT2D eigenvalue weighted by atomic mass is 9.87. The van der Waals surface area contributed by atoms with Gasteiger partial charge in [0.15, 0.2) is 0 Å². The average molecular weight is 597 g/mol. The van der Waals surface area contributed by atoms with Crippen molar-refractivity contribution in [2.75, 3.05) is 0 Å². The smallest absolute Gasteiger partial charge is 0.326 e. The maximum atomic E-state index is 13.5. The van der Waals surface area contributed by atoms with Crippen LogP contribution < -0.4 is 10.1 Å². The molecule has 1 amide bonds. The van der Waals surface area contributed by atoms with Crippen LogP contribution in [0.3, 0.4) is 0 Å². The Hall–Kier alpha value is -4.75. The number of aromatic nitrogens is 1. The fraction of sp³-hybridized carbons (Fsp3) is 0.171. The summed E-state index contributed by atoms with van der Waals surface area (Å²) in [7, 11) is 0. The van der Waals surface area contributed by atoms with Gasteiger partial charge in [-0.3, -0.25) is 9.78 Å². The maximum Gasteiger partial charge on any atom is 0.326 e. The lowest BCUT2D eigenvalue weighted by Crippen LogP contribution is -2.42. The predicted octanol–water partition coefficient (Wildman–Crippen LogP) is 8.21. The molecule has 6 nitrogen and oxygen atoms in total. The standard InChI is InChI=1S/C35H30ClFN2O4/c1-35(2,3)26-10-13-27(14-11-26)43-28-12-8-24-19-31(38-20-25(24)17-28)33(40)39-32(34(41)42)16-21-4-6-22(7-5-21)23-9-15-30(37)29(36)18-23/h4-15,17-20,32H,16H2,1-3H3,(H,39,40)(H,41,42)/t32-/m0/s1. The predicted molar refractivity (Wildman–Crippen MR) is 166 cm³/mol.